The van der Waals surface area contributed by atoms with Crippen molar-refractivity contribution in [1.29, 1.82) is 0 Å². The molecule has 1 aliphatic carbocycles. The minimum absolute atomic E-state index is 0.227. The summed E-state index contributed by atoms with van der Waals surface area (Å²) in [5, 5.41) is 8.72. The van der Waals surface area contributed by atoms with Gasteiger partial charge in [-0.15, -0.1) is 10.2 Å². The summed E-state index contributed by atoms with van der Waals surface area (Å²) in [5.41, 5.74) is 0. The highest BCUT2D eigenvalue weighted by Gasteiger charge is 2.46. The zero-order chi connectivity index (χ0) is 20.3. The second-order valence-electron chi connectivity index (χ2n) is 8.41. The van der Waals surface area contributed by atoms with Gasteiger partial charge in [0, 0.05) is 25.7 Å². The average Bonchev–Trinajstić information content (AvgIpc) is 3.22. The van der Waals surface area contributed by atoms with Crippen LogP contribution in [0.5, 0.6) is 0 Å². The van der Waals surface area contributed by atoms with Crippen LogP contribution in [0.4, 0.5) is 19.1 Å². The maximum Gasteiger partial charge on any atom is 0.392 e. The van der Waals surface area contributed by atoms with E-state index in [4.69, 9.17) is 4.74 Å². The Morgan fingerprint density at radius 1 is 1.14 bits per heavy atom. The van der Waals surface area contributed by atoms with Crippen LogP contribution in [-0.4, -0.2) is 40.1 Å². The number of aromatic nitrogens is 3. The third kappa shape index (κ3) is 4.63. The average molecular weight is 403 g/mol. The molecular weight excluding hydrogens is 369 g/mol. The summed E-state index contributed by atoms with van der Waals surface area (Å²) in [7, 11) is 0. The summed E-state index contributed by atoms with van der Waals surface area (Å²) in [6, 6.07) is 0.364. The highest BCUT2D eigenvalue weighted by molar-refractivity contribution is 5.35. The smallest absolute Gasteiger partial charge is 0.374 e. The van der Waals surface area contributed by atoms with Crippen LogP contribution in [0.25, 0.3) is 0 Å². The van der Waals surface area contributed by atoms with Crippen LogP contribution in [0.3, 0.4) is 0 Å². The van der Waals surface area contributed by atoms with E-state index in [1.807, 2.05) is 11.5 Å². The highest BCUT2D eigenvalue weighted by atomic mass is 19.4. The molecule has 1 aliphatic heterocycles. The van der Waals surface area contributed by atoms with Crippen LogP contribution in [0.2, 0.25) is 0 Å². The van der Waals surface area contributed by atoms with E-state index in [0.29, 0.717) is 43.8 Å². The summed E-state index contributed by atoms with van der Waals surface area (Å²) in [5.74, 6) is 0.234. The number of halogens is 3. The van der Waals surface area contributed by atoms with Gasteiger partial charge in [-0.1, -0.05) is 26.7 Å². The monoisotopic (exact) mass is 402 g/mol. The maximum absolute atomic E-state index is 13.6. The Hall–Kier alpha value is -1.31. The van der Waals surface area contributed by atoms with Crippen LogP contribution in [0.15, 0.2) is 0 Å². The Morgan fingerprint density at radius 2 is 1.89 bits per heavy atom. The van der Waals surface area contributed by atoms with E-state index in [1.54, 1.807) is 0 Å². The molecule has 2 aliphatic rings. The van der Waals surface area contributed by atoms with Crippen molar-refractivity contribution >= 4 is 5.95 Å². The number of anilines is 1. The van der Waals surface area contributed by atoms with E-state index in [2.05, 4.69) is 28.9 Å². The third-order valence-corrected chi connectivity index (χ3v) is 6.34. The molecule has 1 aromatic heterocycles. The SMILES string of the molecule is CCOCc1nnc(N2CC(C)CC2CC)n1C[C@@H]1CCCC[C@@H]1C(F)(F)F. The lowest BCUT2D eigenvalue weighted by atomic mass is 9.78. The zero-order valence-electron chi connectivity index (χ0n) is 17.2. The van der Waals surface area contributed by atoms with Crippen molar-refractivity contribution in [2.75, 3.05) is 18.1 Å². The molecule has 1 saturated carbocycles. The summed E-state index contributed by atoms with van der Waals surface area (Å²) >= 11 is 0. The number of hydrogen-bond donors (Lipinski definition) is 0. The normalized spacial score (nSPS) is 28.9. The highest BCUT2D eigenvalue weighted by Crippen LogP contribution is 2.43. The Bertz CT molecular complexity index is 633. The van der Waals surface area contributed by atoms with Crippen molar-refractivity contribution in [3.8, 4) is 0 Å². The van der Waals surface area contributed by atoms with Crippen molar-refractivity contribution in [2.45, 2.75) is 84.7 Å². The second-order valence-corrected chi connectivity index (χ2v) is 8.41. The van der Waals surface area contributed by atoms with Gasteiger partial charge in [0.1, 0.15) is 6.61 Å². The topological polar surface area (TPSA) is 43.2 Å². The number of ether oxygens (including phenoxy) is 1. The molecule has 1 saturated heterocycles. The molecule has 8 heteroatoms. The fourth-order valence-electron chi connectivity index (χ4n) is 4.90. The molecule has 28 heavy (non-hydrogen) atoms. The van der Waals surface area contributed by atoms with E-state index < -0.39 is 18.0 Å². The van der Waals surface area contributed by atoms with Crippen molar-refractivity contribution in [2.24, 2.45) is 17.8 Å². The number of hydrogen-bond acceptors (Lipinski definition) is 4. The first kappa shape index (κ1) is 21.4. The van der Waals surface area contributed by atoms with Crippen LogP contribution in [0.1, 0.15) is 65.1 Å². The maximum atomic E-state index is 13.6. The van der Waals surface area contributed by atoms with Gasteiger partial charge in [-0.3, -0.25) is 4.57 Å². The van der Waals surface area contributed by atoms with Crippen molar-refractivity contribution in [3.05, 3.63) is 5.82 Å². The molecule has 4 atom stereocenters. The molecule has 160 valence electrons. The summed E-state index contributed by atoms with van der Waals surface area (Å²) < 4.78 is 48.3. The van der Waals surface area contributed by atoms with Gasteiger partial charge in [0.15, 0.2) is 5.82 Å². The molecule has 2 heterocycles. The first-order valence-electron chi connectivity index (χ1n) is 10.7. The molecule has 0 N–H and O–H groups in total. The Labute approximate surface area is 165 Å². The van der Waals surface area contributed by atoms with Crippen LogP contribution in [-0.2, 0) is 17.9 Å². The molecule has 0 amide bonds. The standard InChI is InChI=1S/C20H33F3N4O/c1-4-16-10-14(3)11-26(16)19-25-24-18(13-28-5-2)27(19)12-15-8-6-7-9-17(15)20(21,22)23/h14-17H,4-13H2,1-3H3/t14?,15-,16?,17-/m0/s1. The van der Waals surface area contributed by atoms with Gasteiger partial charge in [0.2, 0.25) is 5.95 Å². The molecule has 2 unspecified atom stereocenters. The van der Waals surface area contributed by atoms with Gasteiger partial charge in [0.05, 0.1) is 5.92 Å². The van der Waals surface area contributed by atoms with Gasteiger partial charge in [-0.2, -0.15) is 13.2 Å². The van der Waals surface area contributed by atoms with E-state index in [-0.39, 0.29) is 13.0 Å². The first-order valence-corrected chi connectivity index (χ1v) is 10.7. The van der Waals surface area contributed by atoms with E-state index in [0.717, 1.165) is 31.8 Å². The molecule has 0 aromatic carbocycles. The van der Waals surface area contributed by atoms with E-state index in [1.165, 1.54) is 0 Å². The van der Waals surface area contributed by atoms with Gasteiger partial charge < -0.3 is 9.64 Å². The molecule has 5 nitrogen and oxygen atoms in total. The first-order chi connectivity index (χ1) is 13.3. The van der Waals surface area contributed by atoms with E-state index in [9.17, 15) is 13.2 Å². The van der Waals surface area contributed by atoms with Crippen molar-refractivity contribution in [1.82, 2.24) is 14.8 Å². The van der Waals surface area contributed by atoms with Gasteiger partial charge in [-0.25, -0.2) is 0 Å². The predicted octanol–water partition coefficient (Wildman–Crippen LogP) is 4.81. The third-order valence-electron chi connectivity index (χ3n) is 6.34. The predicted molar refractivity (Wildman–Crippen MR) is 102 cm³/mol. The number of alkyl halides is 3. The fraction of sp³-hybridized carbons (Fsp3) is 0.900. The lowest BCUT2D eigenvalue weighted by molar-refractivity contribution is -0.197. The van der Waals surface area contributed by atoms with Gasteiger partial charge >= 0.3 is 6.18 Å². The van der Waals surface area contributed by atoms with Gasteiger partial charge in [-0.05, 0) is 44.4 Å². The largest absolute Gasteiger partial charge is 0.392 e. The van der Waals surface area contributed by atoms with Crippen LogP contribution in [0, 0.1) is 17.8 Å². The quantitative estimate of drug-likeness (QED) is 0.657. The lowest BCUT2D eigenvalue weighted by Gasteiger charge is -2.34. The number of nitrogens with zero attached hydrogens (tertiary/aromatic N) is 4. The summed E-state index contributed by atoms with van der Waals surface area (Å²) in [4.78, 5) is 2.25. The summed E-state index contributed by atoms with van der Waals surface area (Å²) in [6.45, 7) is 8.28. The molecule has 0 spiro atoms. The van der Waals surface area contributed by atoms with Gasteiger partial charge in [0.25, 0.3) is 0 Å². The Morgan fingerprint density at radius 3 is 2.57 bits per heavy atom. The fourth-order valence-corrected chi connectivity index (χ4v) is 4.90. The molecular formula is C20H33F3N4O. The van der Waals surface area contributed by atoms with Crippen molar-refractivity contribution < 1.29 is 17.9 Å². The molecule has 3 rings (SSSR count). The minimum Gasteiger partial charge on any atom is -0.374 e. The lowest BCUT2D eigenvalue weighted by Crippen LogP contribution is -2.37. The van der Waals surface area contributed by atoms with Crippen LogP contribution >= 0.6 is 0 Å². The van der Waals surface area contributed by atoms with Crippen LogP contribution < -0.4 is 4.90 Å². The van der Waals surface area contributed by atoms with Crippen molar-refractivity contribution in [3.63, 3.8) is 0 Å². The second kappa shape index (κ2) is 9.01. The Balaban J connectivity index is 1.89. The summed E-state index contributed by atoms with van der Waals surface area (Å²) in [6.07, 6.45) is 0.268. The Kier molecular flexibility index (Phi) is 6.89. The zero-order valence-corrected chi connectivity index (χ0v) is 17.2. The number of rotatable bonds is 7. The van der Waals surface area contributed by atoms with E-state index >= 15 is 0 Å². The molecule has 2 fully saturated rings. The molecule has 0 radical (unpaired) electrons. The molecule has 1 aromatic rings. The molecule has 0 bridgehead atoms. The minimum atomic E-state index is -4.15.